The minimum absolute atomic E-state index is 0.0385. The van der Waals surface area contributed by atoms with Crippen molar-refractivity contribution in [3.05, 3.63) is 58.3 Å². The van der Waals surface area contributed by atoms with E-state index in [0.717, 1.165) is 0 Å². The lowest BCUT2D eigenvalue weighted by atomic mass is 10.2. The van der Waals surface area contributed by atoms with Crippen molar-refractivity contribution >= 4 is 63.3 Å². The molecule has 3 rings (SSSR count). The van der Waals surface area contributed by atoms with Crippen molar-refractivity contribution in [2.24, 2.45) is 4.99 Å². The van der Waals surface area contributed by atoms with Crippen LogP contribution < -0.4 is 5.32 Å². The fourth-order valence-electron chi connectivity index (χ4n) is 2.32. The zero-order valence-electron chi connectivity index (χ0n) is 14.1. The number of benzene rings is 2. The van der Waals surface area contributed by atoms with Crippen LogP contribution in [-0.4, -0.2) is 34.2 Å². The van der Waals surface area contributed by atoms with Gasteiger partial charge in [-0.25, -0.2) is 9.38 Å². The molecule has 1 fully saturated rings. The van der Waals surface area contributed by atoms with Gasteiger partial charge in [-0.3, -0.25) is 14.5 Å². The number of aliphatic imine (C=N–C) groups is 1. The molecule has 1 aliphatic rings. The van der Waals surface area contributed by atoms with Crippen LogP contribution >= 0.6 is 35.0 Å². The third kappa shape index (κ3) is 4.80. The van der Waals surface area contributed by atoms with Gasteiger partial charge in [0, 0.05) is 19.2 Å². The average molecular weight is 426 g/mol. The molecule has 1 atom stereocenters. The molecule has 1 unspecified atom stereocenters. The Balaban J connectivity index is 1.77. The highest BCUT2D eigenvalue weighted by Gasteiger charge is 2.34. The zero-order valence-corrected chi connectivity index (χ0v) is 16.4. The molecule has 5 nitrogen and oxygen atoms in total. The first-order valence-corrected chi connectivity index (χ1v) is 9.50. The molecular weight excluding hydrogens is 412 g/mol. The largest absolute Gasteiger partial charge is 0.325 e. The minimum Gasteiger partial charge on any atom is -0.325 e. The molecule has 1 saturated heterocycles. The molecule has 0 saturated carbocycles. The van der Waals surface area contributed by atoms with Crippen molar-refractivity contribution in [2.75, 3.05) is 12.4 Å². The Bertz CT molecular complexity index is 921. The monoisotopic (exact) mass is 425 g/mol. The molecule has 1 heterocycles. The lowest BCUT2D eigenvalue weighted by Crippen LogP contribution is -2.43. The summed E-state index contributed by atoms with van der Waals surface area (Å²) in [4.78, 5) is 30.6. The topological polar surface area (TPSA) is 61.8 Å². The van der Waals surface area contributed by atoms with Crippen LogP contribution in [0.3, 0.4) is 0 Å². The molecule has 0 spiro atoms. The Kier molecular flexibility index (Phi) is 6.04. The van der Waals surface area contributed by atoms with Gasteiger partial charge in [0.25, 0.3) is 0 Å². The maximum absolute atomic E-state index is 13.0. The van der Waals surface area contributed by atoms with Crippen molar-refractivity contribution in [2.45, 2.75) is 11.7 Å². The number of carbonyl (C=O) groups excluding carboxylic acids is 2. The average Bonchev–Trinajstić information content (AvgIpc) is 2.63. The third-order valence-electron chi connectivity index (χ3n) is 3.80. The summed E-state index contributed by atoms with van der Waals surface area (Å²) in [5, 5.41) is 3.15. The molecule has 0 bridgehead atoms. The van der Waals surface area contributed by atoms with Gasteiger partial charge >= 0.3 is 0 Å². The predicted molar refractivity (Wildman–Crippen MR) is 107 cm³/mol. The Morgan fingerprint density at radius 1 is 1.22 bits per heavy atom. The number of carbonyl (C=O) groups is 2. The summed E-state index contributed by atoms with van der Waals surface area (Å²) in [7, 11) is 1.59. The molecule has 0 radical (unpaired) electrons. The lowest BCUT2D eigenvalue weighted by molar-refractivity contribution is -0.128. The summed E-state index contributed by atoms with van der Waals surface area (Å²) in [6.45, 7) is 0. The summed E-state index contributed by atoms with van der Waals surface area (Å²) >= 11 is 13.0. The number of anilines is 1. The highest BCUT2D eigenvalue weighted by molar-refractivity contribution is 8.15. The van der Waals surface area contributed by atoms with Gasteiger partial charge in [-0.15, -0.1) is 0 Å². The van der Waals surface area contributed by atoms with E-state index in [1.54, 1.807) is 19.2 Å². The standard InChI is InChI=1S/C18H14Cl2FN3O2S/c1-24-16(25)9-15(17(26)22-12-6-7-13(19)14(20)8-12)27-18(24)23-11-4-2-10(21)3-5-11/h2-8,15H,9H2,1H3,(H,22,26). The molecule has 2 aromatic carbocycles. The Labute approximate surface area is 169 Å². The van der Waals surface area contributed by atoms with Crippen LogP contribution in [0.4, 0.5) is 15.8 Å². The van der Waals surface area contributed by atoms with Gasteiger partial charge in [0.1, 0.15) is 11.1 Å². The number of hydrogen-bond donors (Lipinski definition) is 1. The summed E-state index contributed by atoms with van der Waals surface area (Å²) in [6.07, 6.45) is 0.0385. The second-order valence-electron chi connectivity index (χ2n) is 5.75. The van der Waals surface area contributed by atoms with E-state index in [0.29, 0.717) is 26.6 Å². The van der Waals surface area contributed by atoms with E-state index in [9.17, 15) is 14.0 Å². The molecule has 1 N–H and O–H groups in total. The molecule has 1 aliphatic heterocycles. The van der Waals surface area contributed by atoms with E-state index in [-0.39, 0.29) is 24.1 Å². The number of halogens is 3. The number of nitrogens with zero attached hydrogens (tertiary/aromatic N) is 2. The number of hydrogen-bond acceptors (Lipinski definition) is 4. The summed E-state index contributed by atoms with van der Waals surface area (Å²) in [6, 6.07) is 10.3. The Hall–Kier alpha value is -2.09. The van der Waals surface area contributed by atoms with E-state index in [4.69, 9.17) is 23.2 Å². The van der Waals surface area contributed by atoms with Crippen LogP contribution in [0.15, 0.2) is 47.5 Å². The Morgan fingerprint density at radius 2 is 1.93 bits per heavy atom. The molecule has 9 heteroatoms. The second-order valence-corrected chi connectivity index (χ2v) is 7.74. The fourth-order valence-corrected chi connectivity index (χ4v) is 3.68. The van der Waals surface area contributed by atoms with Crippen LogP contribution in [-0.2, 0) is 9.59 Å². The number of amides is 2. The van der Waals surface area contributed by atoms with Crippen molar-refractivity contribution in [1.29, 1.82) is 0 Å². The van der Waals surface area contributed by atoms with Crippen molar-refractivity contribution < 1.29 is 14.0 Å². The van der Waals surface area contributed by atoms with Gasteiger partial charge in [0.15, 0.2) is 5.17 Å². The third-order valence-corrected chi connectivity index (χ3v) is 5.78. The number of nitrogens with one attached hydrogen (secondary N) is 1. The molecular formula is C18H14Cl2FN3O2S. The van der Waals surface area contributed by atoms with Crippen molar-refractivity contribution in [1.82, 2.24) is 4.90 Å². The predicted octanol–water partition coefficient (Wildman–Crippen LogP) is 4.72. The Morgan fingerprint density at radius 3 is 2.59 bits per heavy atom. The molecule has 140 valence electrons. The van der Waals surface area contributed by atoms with Crippen LogP contribution in [0.1, 0.15) is 6.42 Å². The van der Waals surface area contributed by atoms with Gasteiger partial charge in [0.05, 0.1) is 15.7 Å². The van der Waals surface area contributed by atoms with Gasteiger partial charge in [0.2, 0.25) is 11.8 Å². The zero-order chi connectivity index (χ0) is 19.6. The molecule has 27 heavy (non-hydrogen) atoms. The number of amidine groups is 1. The van der Waals surface area contributed by atoms with Gasteiger partial charge in [-0.2, -0.15) is 0 Å². The van der Waals surface area contributed by atoms with Crippen molar-refractivity contribution in [3.63, 3.8) is 0 Å². The first-order valence-electron chi connectivity index (χ1n) is 7.87. The van der Waals surface area contributed by atoms with E-state index < -0.39 is 5.25 Å². The first kappa shape index (κ1) is 19.7. The van der Waals surface area contributed by atoms with E-state index in [2.05, 4.69) is 10.3 Å². The van der Waals surface area contributed by atoms with Crippen molar-refractivity contribution in [3.8, 4) is 0 Å². The quantitative estimate of drug-likeness (QED) is 0.773. The van der Waals surface area contributed by atoms with Gasteiger partial charge in [-0.1, -0.05) is 35.0 Å². The lowest BCUT2D eigenvalue weighted by Gasteiger charge is -2.28. The van der Waals surface area contributed by atoms with Gasteiger partial charge < -0.3 is 5.32 Å². The maximum atomic E-state index is 13.0. The molecule has 2 aromatic rings. The summed E-state index contributed by atoms with van der Waals surface area (Å²) < 4.78 is 13.0. The van der Waals surface area contributed by atoms with Crippen LogP contribution in [0.25, 0.3) is 0 Å². The highest BCUT2D eigenvalue weighted by atomic mass is 35.5. The fraction of sp³-hybridized carbons (Fsp3) is 0.167. The normalized spacial score (nSPS) is 18.7. The summed E-state index contributed by atoms with van der Waals surface area (Å²) in [5.74, 6) is -0.950. The minimum atomic E-state index is -0.651. The SMILES string of the molecule is CN1C(=O)CC(C(=O)Nc2ccc(Cl)c(Cl)c2)SC1=Nc1ccc(F)cc1. The van der Waals surface area contributed by atoms with Gasteiger partial charge in [-0.05, 0) is 42.5 Å². The molecule has 2 amide bonds. The second kappa shape index (κ2) is 8.29. The van der Waals surface area contributed by atoms with Crippen LogP contribution in [0.5, 0.6) is 0 Å². The van der Waals surface area contributed by atoms with E-state index in [1.807, 2.05) is 0 Å². The molecule has 0 aliphatic carbocycles. The first-order chi connectivity index (χ1) is 12.8. The van der Waals surface area contributed by atoms with Crippen LogP contribution in [0, 0.1) is 5.82 Å². The maximum Gasteiger partial charge on any atom is 0.238 e. The van der Waals surface area contributed by atoms with E-state index in [1.165, 1.54) is 47.0 Å². The molecule has 0 aromatic heterocycles. The number of thioether (sulfide) groups is 1. The smallest absolute Gasteiger partial charge is 0.238 e. The highest BCUT2D eigenvalue weighted by Crippen LogP contribution is 2.30. The number of rotatable bonds is 3. The summed E-state index contributed by atoms with van der Waals surface area (Å²) in [5.41, 5.74) is 0.975. The van der Waals surface area contributed by atoms with E-state index >= 15 is 0 Å². The van der Waals surface area contributed by atoms with Crippen LogP contribution in [0.2, 0.25) is 10.0 Å².